The molecule has 0 saturated heterocycles. The summed E-state index contributed by atoms with van der Waals surface area (Å²) in [6.45, 7) is 4.86. The average molecular weight is 311 g/mol. The number of hydrogen-bond acceptors (Lipinski definition) is 3. The molecule has 0 amide bonds. The Hall–Kier alpha value is -2.13. The molecule has 0 aromatic heterocycles. The van der Waals surface area contributed by atoms with Crippen LogP contribution in [0.3, 0.4) is 0 Å². The maximum absolute atomic E-state index is 11.8. The van der Waals surface area contributed by atoms with Crippen LogP contribution in [-0.4, -0.2) is 19.1 Å². The van der Waals surface area contributed by atoms with Gasteiger partial charge in [0, 0.05) is 6.54 Å². The maximum Gasteiger partial charge on any atom is 0.322 e. The van der Waals surface area contributed by atoms with Crippen molar-refractivity contribution in [2.75, 3.05) is 7.11 Å². The topological polar surface area (TPSA) is 38.3 Å². The van der Waals surface area contributed by atoms with E-state index >= 15 is 0 Å². The Balaban J connectivity index is 1.98. The quantitative estimate of drug-likeness (QED) is 0.785. The Morgan fingerprint density at radius 1 is 1.00 bits per heavy atom. The van der Waals surface area contributed by atoms with Gasteiger partial charge in [-0.1, -0.05) is 68.4 Å². The maximum atomic E-state index is 11.8. The molecule has 23 heavy (non-hydrogen) atoms. The van der Waals surface area contributed by atoms with Gasteiger partial charge in [0.2, 0.25) is 0 Å². The standard InChI is InChI=1S/C20H25NO2/c1-15(2)13-19(20(22)23-3)21-14-16-9-11-18(12-10-16)17-7-5-4-6-8-17/h4-12,15,19,21H,13-14H2,1-3H3/t19-/m0/s1. The first-order valence-electron chi connectivity index (χ1n) is 8.05. The number of benzene rings is 2. The summed E-state index contributed by atoms with van der Waals surface area (Å²) < 4.78 is 4.88. The van der Waals surface area contributed by atoms with Crippen LogP contribution in [-0.2, 0) is 16.1 Å². The normalized spacial score (nSPS) is 12.2. The number of esters is 1. The molecule has 3 heteroatoms. The summed E-state index contributed by atoms with van der Waals surface area (Å²) in [5, 5.41) is 3.30. The predicted molar refractivity (Wildman–Crippen MR) is 94.0 cm³/mol. The van der Waals surface area contributed by atoms with Crippen LogP contribution in [0.25, 0.3) is 11.1 Å². The van der Waals surface area contributed by atoms with Gasteiger partial charge in [-0.3, -0.25) is 4.79 Å². The lowest BCUT2D eigenvalue weighted by molar-refractivity contribution is -0.143. The van der Waals surface area contributed by atoms with Crippen molar-refractivity contribution in [1.29, 1.82) is 0 Å². The molecule has 0 spiro atoms. The molecule has 0 heterocycles. The molecule has 2 rings (SSSR count). The van der Waals surface area contributed by atoms with E-state index in [-0.39, 0.29) is 12.0 Å². The van der Waals surface area contributed by atoms with Crippen molar-refractivity contribution in [3.05, 3.63) is 60.2 Å². The first kappa shape index (κ1) is 17.2. The fraction of sp³-hybridized carbons (Fsp3) is 0.350. The van der Waals surface area contributed by atoms with E-state index in [1.807, 2.05) is 18.2 Å². The molecule has 0 aliphatic heterocycles. The smallest absolute Gasteiger partial charge is 0.322 e. The van der Waals surface area contributed by atoms with E-state index in [0.717, 1.165) is 12.0 Å². The summed E-state index contributed by atoms with van der Waals surface area (Å²) in [6.07, 6.45) is 0.773. The van der Waals surface area contributed by atoms with Gasteiger partial charge in [-0.2, -0.15) is 0 Å². The summed E-state index contributed by atoms with van der Waals surface area (Å²) in [5.74, 6) is 0.242. The molecule has 2 aromatic rings. The van der Waals surface area contributed by atoms with Crippen molar-refractivity contribution in [1.82, 2.24) is 5.32 Å². The van der Waals surface area contributed by atoms with Crippen molar-refractivity contribution >= 4 is 5.97 Å². The Morgan fingerprint density at radius 2 is 1.61 bits per heavy atom. The number of rotatable bonds is 7. The third kappa shape index (κ3) is 5.22. The highest BCUT2D eigenvalue weighted by atomic mass is 16.5. The Kier molecular flexibility index (Phi) is 6.36. The second kappa shape index (κ2) is 8.49. The number of carbonyl (C=O) groups is 1. The fourth-order valence-corrected chi connectivity index (χ4v) is 2.56. The minimum atomic E-state index is -0.256. The van der Waals surface area contributed by atoms with Crippen LogP contribution < -0.4 is 5.32 Å². The first-order valence-corrected chi connectivity index (χ1v) is 8.05. The zero-order chi connectivity index (χ0) is 16.7. The fourth-order valence-electron chi connectivity index (χ4n) is 2.56. The van der Waals surface area contributed by atoms with Crippen molar-refractivity contribution in [2.24, 2.45) is 5.92 Å². The summed E-state index contributed by atoms with van der Waals surface area (Å²) >= 11 is 0. The van der Waals surface area contributed by atoms with Gasteiger partial charge in [0.15, 0.2) is 0 Å². The van der Waals surface area contributed by atoms with Gasteiger partial charge in [-0.25, -0.2) is 0 Å². The van der Waals surface area contributed by atoms with Crippen molar-refractivity contribution < 1.29 is 9.53 Å². The summed E-state index contributed by atoms with van der Waals surface area (Å²) in [7, 11) is 1.44. The lowest BCUT2D eigenvalue weighted by atomic mass is 10.0. The van der Waals surface area contributed by atoms with Gasteiger partial charge in [0.25, 0.3) is 0 Å². The second-order valence-electron chi connectivity index (χ2n) is 6.15. The summed E-state index contributed by atoms with van der Waals surface area (Å²) in [5.41, 5.74) is 3.56. The molecule has 122 valence electrons. The highest BCUT2D eigenvalue weighted by Gasteiger charge is 2.19. The van der Waals surface area contributed by atoms with Crippen LogP contribution in [0.15, 0.2) is 54.6 Å². The molecule has 1 N–H and O–H groups in total. The minimum Gasteiger partial charge on any atom is -0.468 e. The molecule has 0 radical (unpaired) electrons. The van der Waals surface area contributed by atoms with Gasteiger partial charge >= 0.3 is 5.97 Å². The number of methoxy groups -OCH3 is 1. The molecule has 3 nitrogen and oxygen atoms in total. The molecule has 0 unspecified atom stereocenters. The Bertz CT molecular complexity index is 605. The minimum absolute atomic E-state index is 0.195. The van der Waals surface area contributed by atoms with Crippen LogP contribution in [0.5, 0.6) is 0 Å². The highest BCUT2D eigenvalue weighted by Crippen LogP contribution is 2.19. The second-order valence-corrected chi connectivity index (χ2v) is 6.15. The van der Waals surface area contributed by atoms with E-state index in [9.17, 15) is 4.79 Å². The van der Waals surface area contributed by atoms with Crippen molar-refractivity contribution in [3.63, 3.8) is 0 Å². The molecular formula is C20H25NO2. The van der Waals surface area contributed by atoms with E-state index in [1.54, 1.807) is 0 Å². The monoisotopic (exact) mass is 311 g/mol. The molecule has 0 fully saturated rings. The number of ether oxygens (including phenoxy) is 1. The zero-order valence-electron chi connectivity index (χ0n) is 14.1. The molecule has 0 saturated carbocycles. The van der Waals surface area contributed by atoms with Gasteiger partial charge < -0.3 is 10.1 Å². The first-order chi connectivity index (χ1) is 11.1. The van der Waals surface area contributed by atoms with Crippen LogP contribution in [0, 0.1) is 5.92 Å². The van der Waals surface area contributed by atoms with Gasteiger partial charge in [-0.15, -0.1) is 0 Å². The van der Waals surface area contributed by atoms with Gasteiger partial charge in [0.1, 0.15) is 6.04 Å². The highest BCUT2D eigenvalue weighted by molar-refractivity contribution is 5.75. The van der Waals surface area contributed by atoms with E-state index in [0.29, 0.717) is 12.5 Å². The van der Waals surface area contributed by atoms with E-state index in [1.165, 1.54) is 18.2 Å². The summed E-state index contributed by atoms with van der Waals surface area (Å²) in [6, 6.07) is 18.5. The van der Waals surface area contributed by atoms with Crippen LogP contribution in [0.4, 0.5) is 0 Å². The predicted octanol–water partition coefficient (Wildman–Crippen LogP) is 4.03. The van der Waals surface area contributed by atoms with Crippen molar-refractivity contribution in [2.45, 2.75) is 32.9 Å². The third-order valence-electron chi connectivity index (χ3n) is 3.81. The van der Waals surface area contributed by atoms with Gasteiger partial charge in [0.05, 0.1) is 7.11 Å². The van der Waals surface area contributed by atoms with E-state index < -0.39 is 0 Å². The number of nitrogens with one attached hydrogen (secondary N) is 1. The number of hydrogen-bond donors (Lipinski definition) is 1. The third-order valence-corrected chi connectivity index (χ3v) is 3.81. The lowest BCUT2D eigenvalue weighted by Gasteiger charge is -2.18. The van der Waals surface area contributed by atoms with Crippen molar-refractivity contribution in [3.8, 4) is 11.1 Å². The molecule has 0 bridgehead atoms. The SMILES string of the molecule is COC(=O)[C@H](CC(C)C)NCc1ccc(-c2ccccc2)cc1. The van der Waals surface area contributed by atoms with Crippen LogP contribution in [0.2, 0.25) is 0 Å². The van der Waals surface area contributed by atoms with E-state index in [4.69, 9.17) is 4.74 Å². The van der Waals surface area contributed by atoms with Gasteiger partial charge in [-0.05, 0) is 29.0 Å². The Labute approximate surface area is 138 Å². The lowest BCUT2D eigenvalue weighted by Crippen LogP contribution is -2.38. The number of carbonyl (C=O) groups excluding carboxylic acids is 1. The van der Waals surface area contributed by atoms with Crippen LogP contribution >= 0.6 is 0 Å². The molecule has 1 atom stereocenters. The molecule has 0 aliphatic carbocycles. The molecule has 2 aromatic carbocycles. The summed E-state index contributed by atoms with van der Waals surface area (Å²) in [4.78, 5) is 11.8. The van der Waals surface area contributed by atoms with E-state index in [2.05, 4.69) is 55.6 Å². The molecule has 0 aliphatic rings. The van der Waals surface area contributed by atoms with Crippen LogP contribution in [0.1, 0.15) is 25.8 Å². The zero-order valence-corrected chi connectivity index (χ0v) is 14.1. The Morgan fingerprint density at radius 3 is 2.17 bits per heavy atom. The average Bonchev–Trinajstić information content (AvgIpc) is 2.59. The molecular weight excluding hydrogens is 286 g/mol. The largest absolute Gasteiger partial charge is 0.468 e.